The number of ether oxygens (including phenoxy) is 2. The van der Waals surface area contributed by atoms with Gasteiger partial charge in [-0.15, -0.1) is 0 Å². The van der Waals surface area contributed by atoms with Gasteiger partial charge in [-0.3, -0.25) is 14.9 Å². The van der Waals surface area contributed by atoms with Gasteiger partial charge in [0, 0.05) is 29.3 Å². The van der Waals surface area contributed by atoms with E-state index in [2.05, 4.69) is 0 Å². The fourth-order valence-corrected chi connectivity index (χ4v) is 7.98. The Morgan fingerprint density at radius 1 is 1.17 bits per heavy atom. The van der Waals surface area contributed by atoms with E-state index >= 15 is 0 Å². The average molecular weight is 435 g/mol. The lowest BCUT2D eigenvalue weighted by Gasteiger charge is -2.46. The van der Waals surface area contributed by atoms with Crippen LogP contribution in [0.5, 0.6) is 5.75 Å². The van der Waals surface area contributed by atoms with Crippen LogP contribution in [-0.2, 0) is 19.4 Å². The zero-order chi connectivity index (χ0) is 22.1. The maximum Gasteiger partial charge on any atom is 0.266 e. The summed E-state index contributed by atoms with van der Waals surface area (Å²) in [6.07, 6.45) is 0.692. The summed E-state index contributed by atoms with van der Waals surface area (Å²) in [6.45, 7) is 5.37. The third-order valence-corrected chi connectivity index (χ3v) is 8.86. The molecular weight excluding hydrogens is 410 g/mol. The van der Waals surface area contributed by atoms with Crippen molar-refractivity contribution in [2.75, 3.05) is 12.9 Å². The third-order valence-electron chi connectivity index (χ3n) is 6.57. The average Bonchev–Trinajstić information content (AvgIpc) is 2.85. The van der Waals surface area contributed by atoms with E-state index in [1.165, 1.54) is 14.0 Å². The van der Waals surface area contributed by atoms with Crippen LogP contribution in [0.3, 0.4) is 0 Å². The van der Waals surface area contributed by atoms with Gasteiger partial charge in [0.2, 0.25) is 0 Å². The van der Waals surface area contributed by atoms with Crippen LogP contribution in [0.1, 0.15) is 45.1 Å². The van der Waals surface area contributed by atoms with Crippen LogP contribution in [0.4, 0.5) is 0 Å². The molecule has 1 aromatic rings. The molecule has 4 rings (SSSR count). The highest BCUT2D eigenvalue weighted by atomic mass is 32.2. The summed E-state index contributed by atoms with van der Waals surface area (Å²) < 4.78 is 37.7. The molecule has 2 heterocycles. The van der Waals surface area contributed by atoms with Gasteiger partial charge in [-0.05, 0) is 30.0 Å². The van der Waals surface area contributed by atoms with Gasteiger partial charge in [0.15, 0.2) is 21.2 Å². The topological polar surface area (TPSA) is 113 Å². The molecule has 1 aliphatic carbocycles. The quantitative estimate of drug-likeness (QED) is 0.530. The first-order chi connectivity index (χ1) is 13.9. The molecule has 1 saturated heterocycles. The predicted molar refractivity (Wildman–Crippen MR) is 109 cm³/mol. The van der Waals surface area contributed by atoms with Gasteiger partial charge in [-0.2, -0.15) is 0 Å². The zero-order valence-electron chi connectivity index (χ0n) is 17.4. The van der Waals surface area contributed by atoms with Gasteiger partial charge < -0.3 is 9.47 Å². The molecule has 4 atom stereocenters. The molecule has 30 heavy (non-hydrogen) atoms. The van der Waals surface area contributed by atoms with Crippen LogP contribution in [-0.4, -0.2) is 48.9 Å². The highest BCUT2D eigenvalue weighted by molar-refractivity contribution is 7.92. The molecule has 162 valence electrons. The van der Waals surface area contributed by atoms with Crippen LogP contribution in [0, 0.1) is 15.5 Å². The highest BCUT2D eigenvalue weighted by Gasteiger charge is 2.70. The summed E-state index contributed by atoms with van der Waals surface area (Å²) in [5, 5.41) is 10.6. The van der Waals surface area contributed by atoms with Crippen LogP contribution < -0.4 is 4.74 Å². The lowest BCUT2D eigenvalue weighted by molar-refractivity contribution is -0.537. The Hall–Kier alpha value is -2.42. The number of carbonyl (C=O) groups excluding carboxylic acids is 1. The Balaban J connectivity index is 1.97. The minimum atomic E-state index is -3.90. The number of nitrogens with zero attached hydrogens (tertiary/aromatic N) is 1. The first kappa shape index (κ1) is 20.8. The molecule has 0 bridgehead atoms. The Kier molecular flexibility index (Phi) is 4.54. The largest absolute Gasteiger partial charge is 0.497 e. The standard InChI is InChI=1S/C21H25NO7S/c1-20(2)9-14(23)18-15(10-20)29-21(3)16(22(24)25)11-30(26,27)19(21)17(18)12-5-7-13(28-4)8-6-12/h5-8,16-17,19H,9-11H2,1-4H3/t16-,17-,19+,21+/m1/s1. The van der Waals surface area contributed by atoms with Gasteiger partial charge in [-0.1, -0.05) is 26.0 Å². The number of nitro groups is 1. The Bertz CT molecular complexity index is 1060. The normalized spacial score (nSPS) is 34.0. The molecule has 1 aromatic carbocycles. The number of allylic oxidation sites excluding steroid dienone is 2. The second-order valence-electron chi connectivity index (χ2n) is 9.37. The lowest BCUT2D eigenvalue weighted by atomic mass is 9.68. The van der Waals surface area contributed by atoms with Gasteiger partial charge in [0.1, 0.15) is 22.5 Å². The molecule has 0 N–H and O–H groups in total. The molecule has 0 amide bonds. The van der Waals surface area contributed by atoms with Crippen molar-refractivity contribution in [3.05, 3.63) is 51.3 Å². The molecule has 0 radical (unpaired) electrons. The van der Waals surface area contributed by atoms with Crippen LogP contribution >= 0.6 is 0 Å². The number of carbonyl (C=O) groups is 1. The lowest BCUT2D eigenvalue weighted by Crippen LogP contribution is -2.56. The van der Waals surface area contributed by atoms with Gasteiger partial charge >= 0.3 is 0 Å². The summed E-state index contributed by atoms with van der Waals surface area (Å²) in [4.78, 5) is 24.4. The van der Waals surface area contributed by atoms with E-state index in [-0.39, 0.29) is 17.6 Å². The Labute approximate surface area is 175 Å². The van der Waals surface area contributed by atoms with Crippen molar-refractivity contribution >= 4 is 15.6 Å². The number of benzene rings is 1. The van der Waals surface area contributed by atoms with Gasteiger partial charge in [0.25, 0.3) is 6.04 Å². The van der Waals surface area contributed by atoms with Crippen molar-refractivity contribution in [1.82, 2.24) is 0 Å². The zero-order valence-corrected chi connectivity index (χ0v) is 18.2. The maximum atomic E-state index is 13.2. The monoisotopic (exact) mass is 435 g/mol. The number of sulfone groups is 1. The van der Waals surface area contributed by atoms with Crippen LogP contribution in [0.2, 0.25) is 0 Å². The van der Waals surface area contributed by atoms with E-state index in [1.54, 1.807) is 24.3 Å². The number of methoxy groups -OCH3 is 1. The molecule has 0 saturated carbocycles. The summed E-state index contributed by atoms with van der Waals surface area (Å²) in [5.74, 6) is -0.602. The highest BCUT2D eigenvalue weighted by Crippen LogP contribution is 2.55. The van der Waals surface area contributed by atoms with Gasteiger partial charge in [-0.25, -0.2) is 8.42 Å². The smallest absolute Gasteiger partial charge is 0.266 e. The number of hydrogen-bond acceptors (Lipinski definition) is 7. The van der Waals surface area contributed by atoms with E-state index in [0.29, 0.717) is 29.1 Å². The molecule has 3 aliphatic rings. The Morgan fingerprint density at radius 2 is 1.80 bits per heavy atom. The summed E-state index contributed by atoms with van der Waals surface area (Å²) in [5.41, 5.74) is -0.969. The van der Waals surface area contributed by atoms with Crippen molar-refractivity contribution < 1.29 is 27.6 Å². The number of Topliss-reactive ketones (excluding diaryl/α,β-unsaturated/α-hetero) is 1. The summed E-state index contributed by atoms with van der Waals surface area (Å²) >= 11 is 0. The number of hydrogen-bond donors (Lipinski definition) is 0. The second kappa shape index (κ2) is 6.54. The Morgan fingerprint density at radius 3 is 2.37 bits per heavy atom. The van der Waals surface area contributed by atoms with Crippen LogP contribution in [0.25, 0.3) is 0 Å². The minimum Gasteiger partial charge on any atom is -0.497 e. The van der Waals surface area contributed by atoms with Crippen molar-refractivity contribution in [2.45, 2.75) is 56.4 Å². The number of rotatable bonds is 3. The first-order valence-electron chi connectivity index (χ1n) is 9.84. The van der Waals surface area contributed by atoms with E-state index in [1.807, 2.05) is 13.8 Å². The molecule has 1 fully saturated rings. The predicted octanol–water partition coefficient (Wildman–Crippen LogP) is 2.65. The summed E-state index contributed by atoms with van der Waals surface area (Å²) in [7, 11) is -2.38. The van der Waals surface area contributed by atoms with Crippen molar-refractivity contribution in [2.24, 2.45) is 5.41 Å². The fourth-order valence-electron chi connectivity index (χ4n) is 5.26. The molecule has 2 aliphatic heterocycles. The number of ketones is 1. The molecule has 0 unspecified atom stereocenters. The van der Waals surface area contributed by atoms with Gasteiger partial charge in [0.05, 0.1) is 7.11 Å². The van der Waals surface area contributed by atoms with Crippen LogP contribution in [0.15, 0.2) is 35.6 Å². The van der Waals surface area contributed by atoms with Crippen molar-refractivity contribution in [1.29, 1.82) is 0 Å². The van der Waals surface area contributed by atoms with E-state index in [4.69, 9.17) is 9.47 Å². The van der Waals surface area contributed by atoms with E-state index < -0.39 is 43.3 Å². The molecular formula is C21H25NO7S. The maximum absolute atomic E-state index is 13.2. The second-order valence-corrected chi connectivity index (χ2v) is 11.5. The van der Waals surface area contributed by atoms with E-state index in [9.17, 15) is 23.3 Å². The van der Waals surface area contributed by atoms with Crippen molar-refractivity contribution in [3.63, 3.8) is 0 Å². The molecule has 0 aromatic heterocycles. The van der Waals surface area contributed by atoms with E-state index in [0.717, 1.165) is 0 Å². The van der Waals surface area contributed by atoms with Crippen molar-refractivity contribution in [3.8, 4) is 5.75 Å². The summed E-state index contributed by atoms with van der Waals surface area (Å²) in [6, 6.07) is 5.45. The molecule has 9 heteroatoms. The molecule has 8 nitrogen and oxygen atoms in total. The molecule has 0 spiro atoms. The fraction of sp³-hybridized carbons (Fsp3) is 0.571. The minimum absolute atomic E-state index is 0.163. The SMILES string of the molecule is COc1ccc([C@@H]2C3=C(CC(C)(C)CC3=O)O[C@@]3(C)[C@H]([N+](=O)[O-])CS(=O)(=O)[C@@H]23)cc1. The number of fused-ring (bicyclic) bond motifs is 1. The third kappa shape index (κ3) is 3.02. The first-order valence-corrected chi connectivity index (χ1v) is 11.6.